The van der Waals surface area contributed by atoms with Gasteiger partial charge in [0.25, 0.3) is 5.91 Å². The zero-order valence-corrected chi connectivity index (χ0v) is 21.3. The van der Waals surface area contributed by atoms with E-state index in [1.807, 2.05) is 52.0 Å². The minimum atomic E-state index is -0.559. The Morgan fingerprint density at radius 3 is 2.26 bits per heavy atom. The number of benzene rings is 1. The van der Waals surface area contributed by atoms with Gasteiger partial charge in [-0.05, 0) is 76.1 Å². The van der Waals surface area contributed by atoms with Gasteiger partial charge < -0.3 is 10.2 Å². The molecule has 35 heavy (non-hydrogen) atoms. The highest BCUT2D eigenvalue weighted by Gasteiger charge is 2.39. The van der Waals surface area contributed by atoms with Gasteiger partial charge in [0.05, 0.1) is 5.69 Å². The molecule has 4 rings (SSSR count). The number of H-pyrrole nitrogens is 2. The molecule has 3 aromatic rings. The lowest BCUT2D eigenvalue weighted by Gasteiger charge is -2.40. The Balaban J connectivity index is 1.60. The fourth-order valence-electron chi connectivity index (χ4n) is 5.28. The molecule has 0 bridgehead atoms. The van der Waals surface area contributed by atoms with Crippen molar-refractivity contribution in [2.24, 2.45) is 11.8 Å². The Hall–Kier alpha value is -3.42. The first kappa shape index (κ1) is 24.7. The quantitative estimate of drug-likeness (QED) is 0.441. The number of hydrogen-bond acceptors (Lipinski definition) is 4. The van der Waals surface area contributed by atoms with Crippen LogP contribution in [0.3, 0.4) is 0 Å². The van der Waals surface area contributed by atoms with Crippen molar-refractivity contribution in [1.82, 2.24) is 25.3 Å². The van der Waals surface area contributed by atoms with E-state index < -0.39 is 6.04 Å². The van der Waals surface area contributed by atoms with Gasteiger partial charge in [0.2, 0.25) is 5.91 Å². The van der Waals surface area contributed by atoms with Crippen molar-refractivity contribution in [3.63, 3.8) is 0 Å². The standard InChI is InChI=1S/C27H36N6O2/c1-16(2)33(27(35)23-14-15-28-32-23)25(21-8-6-17(3)7-9-21)26(34)29-22-12-10-20(11-13-22)24-18(4)30-31-19(24)5/h10-17,21,25H,6-9H2,1-5H3,(H,28,32)(H,29,34)(H,30,31)/t17?,21?,25-/m0/s1. The molecule has 0 aliphatic heterocycles. The molecule has 1 aliphatic rings. The Morgan fingerprint density at radius 1 is 1.03 bits per heavy atom. The third-order valence-electron chi connectivity index (χ3n) is 7.17. The maximum Gasteiger partial charge on any atom is 0.272 e. The van der Waals surface area contributed by atoms with Crippen molar-refractivity contribution >= 4 is 17.5 Å². The van der Waals surface area contributed by atoms with E-state index in [1.54, 1.807) is 17.2 Å². The monoisotopic (exact) mass is 476 g/mol. The van der Waals surface area contributed by atoms with Crippen LogP contribution in [0.5, 0.6) is 0 Å². The highest BCUT2D eigenvalue weighted by atomic mass is 16.2. The number of carbonyl (C=O) groups is 2. The van der Waals surface area contributed by atoms with Gasteiger partial charge in [-0.1, -0.05) is 31.9 Å². The summed E-state index contributed by atoms with van der Waals surface area (Å²) >= 11 is 0. The van der Waals surface area contributed by atoms with Crippen molar-refractivity contribution in [2.75, 3.05) is 5.32 Å². The SMILES string of the molecule is Cc1n[nH]c(C)c1-c1ccc(NC(=O)[C@H](C2CCC(C)CC2)N(C(=O)c2ccn[nH]2)C(C)C)cc1. The van der Waals surface area contributed by atoms with E-state index in [-0.39, 0.29) is 23.8 Å². The molecule has 8 nitrogen and oxygen atoms in total. The van der Waals surface area contributed by atoms with Crippen molar-refractivity contribution in [3.8, 4) is 11.1 Å². The van der Waals surface area contributed by atoms with E-state index in [2.05, 4.69) is 32.6 Å². The molecule has 0 radical (unpaired) electrons. The van der Waals surface area contributed by atoms with Gasteiger partial charge in [0, 0.05) is 29.2 Å². The molecule has 2 aromatic heterocycles. The topological polar surface area (TPSA) is 107 Å². The molecule has 1 atom stereocenters. The molecule has 8 heteroatoms. The molecule has 1 aliphatic carbocycles. The Labute approximate surface area is 206 Å². The molecule has 1 saturated carbocycles. The van der Waals surface area contributed by atoms with Crippen molar-refractivity contribution < 1.29 is 9.59 Å². The molecule has 2 amide bonds. The number of aromatic nitrogens is 4. The van der Waals surface area contributed by atoms with Crippen LogP contribution in [-0.4, -0.2) is 49.2 Å². The third-order valence-corrected chi connectivity index (χ3v) is 7.17. The molecule has 2 heterocycles. The smallest absolute Gasteiger partial charge is 0.272 e. The second kappa shape index (κ2) is 10.5. The Morgan fingerprint density at radius 2 is 1.71 bits per heavy atom. The molecular weight excluding hydrogens is 440 g/mol. The number of carbonyl (C=O) groups excluding carboxylic acids is 2. The summed E-state index contributed by atoms with van der Waals surface area (Å²) < 4.78 is 0. The molecule has 1 aromatic carbocycles. The zero-order chi connectivity index (χ0) is 25.1. The molecule has 0 saturated heterocycles. The molecule has 0 spiro atoms. The van der Waals surface area contributed by atoms with E-state index in [0.717, 1.165) is 48.2 Å². The van der Waals surface area contributed by atoms with Crippen LogP contribution in [0.2, 0.25) is 0 Å². The second-order valence-corrected chi connectivity index (χ2v) is 10.1. The maximum atomic E-state index is 13.8. The summed E-state index contributed by atoms with van der Waals surface area (Å²) in [4.78, 5) is 29.0. The molecular formula is C27H36N6O2. The summed E-state index contributed by atoms with van der Waals surface area (Å²) in [5.41, 5.74) is 5.18. The lowest BCUT2D eigenvalue weighted by atomic mass is 9.78. The van der Waals surface area contributed by atoms with Crippen LogP contribution in [0, 0.1) is 25.7 Å². The lowest BCUT2D eigenvalue weighted by molar-refractivity contribution is -0.123. The second-order valence-electron chi connectivity index (χ2n) is 10.1. The van der Waals surface area contributed by atoms with Gasteiger partial charge in [-0.2, -0.15) is 10.2 Å². The third kappa shape index (κ3) is 5.31. The normalized spacial score (nSPS) is 18.9. The van der Waals surface area contributed by atoms with E-state index in [0.29, 0.717) is 17.3 Å². The van der Waals surface area contributed by atoms with Crippen LogP contribution >= 0.6 is 0 Å². The number of amides is 2. The first-order valence-electron chi connectivity index (χ1n) is 12.5. The zero-order valence-electron chi connectivity index (χ0n) is 21.3. The van der Waals surface area contributed by atoms with E-state index in [9.17, 15) is 9.59 Å². The lowest BCUT2D eigenvalue weighted by Crippen LogP contribution is -2.54. The molecule has 3 N–H and O–H groups in total. The number of hydrogen-bond donors (Lipinski definition) is 3. The molecule has 1 fully saturated rings. The highest BCUT2D eigenvalue weighted by Crippen LogP contribution is 2.34. The maximum absolute atomic E-state index is 13.8. The van der Waals surface area contributed by atoms with Crippen LogP contribution in [-0.2, 0) is 4.79 Å². The predicted molar refractivity (Wildman–Crippen MR) is 137 cm³/mol. The van der Waals surface area contributed by atoms with Gasteiger partial charge in [-0.3, -0.25) is 19.8 Å². The van der Waals surface area contributed by atoms with Gasteiger partial charge in [0.1, 0.15) is 11.7 Å². The number of nitrogens with one attached hydrogen (secondary N) is 3. The van der Waals surface area contributed by atoms with Gasteiger partial charge in [-0.25, -0.2) is 0 Å². The number of aryl methyl sites for hydroxylation is 2. The average molecular weight is 477 g/mol. The van der Waals surface area contributed by atoms with Crippen molar-refractivity contribution in [2.45, 2.75) is 72.4 Å². The minimum absolute atomic E-state index is 0.107. The fourth-order valence-corrected chi connectivity index (χ4v) is 5.28. The summed E-state index contributed by atoms with van der Waals surface area (Å²) in [7, 11) is 0. The first-order valence-corrected chi connectivity index (χ1v) is 12.5. The molecule has 0 unspecified atom stereocenters. The van der Waals surface area contributed by atoms with Crippen LogP contribution in [0.4, 0.5) is 5.69 Å². The number of anilines is 1. The van der Waals surface area contributed by atoms with Crippen LogP contribution in [0.25, 0.3) is 11.1 Å². The fraction of sp³-hybridized carbons (Fsp3) is 0.481. The van der Waals surface area contributed by atoms with E-state index in [4.69, 9.17) is 0 Å². The van der Waals surface area contributed by atoms with Crippen LogP contribution < -0.4 is 5.32 Å². The van der Waals surface area contributed by atoms with E-state index >= 15 is 0 Å². The van der Waals surface area contributed by atoms with Crippen LogP contribution in [0.15, 0.2) is 36.5 Å². The van der Waals surface area contributed by atoms with Crippen molar-refractivity contribution in [1.29, 1.82) is 0 Å². The highest BCUT2D eigenvalue weighted by molar-refractivity contribution is 6.00. The average Bonchev–Trinajstić information content (AvgIpc) is 3.48. The predicted octanol–water partition coefficient (Wildman–Crippen LogP) is 5.10. The summed E-state index contributed by atoms with van der Waals surface area (Å²) in [6.07, 6.45) is 5.55. The Bertz CT molecular complexity index is 1120. The molecule has 186 valence electrons. The number of rotatable bonds is 7. The number of nitrogens with zero attached hydrogens (tertiary/aromatic N) is 3. The van der Waals surface area contributed by atoms with E-state index in [1.165, 1.54) is 0 Å². The summed E-state index contributed by atoms with van der Waals surface area (Å²) in [5, 5.41) is 17.1. The van der Waals surface area contributed by atoms with Crippen LogP contribution in [0.1, 0.15) is 68.3 Å². The first-order chi connectivity index (χ1) is 16.8. The van der Waals surface area contributed by atoms with Gasteiger partial charge in [-0.15, -0.1) is 0 Å². The van der Waals surface area contributed by atoms with Crippen molar-refractivity contribution in [3.05, 3.63) is 53.6 Å². The number of aromatic amines is 2. The Kier molecular flexibility index (Phi) is 7.38. The summed E-state index contributed by atoms with van der Waals surface area (Å²) in [5.74, 6) is 0.413. The summed E-state index contributed by atoms with van der Waals surface area (Å²) in [6, 6.07) is 8.77. The largest absolute Gasteiger partial charge is 0.324 e. The summed E-state index contributed by atoms with van der Waals surface area (Å²) in [6.45, 7) is 10.2. The van der Waals surface area contributed by atoms with Gasteiger partial charge >= 0.3 is 0 Å². The minimum Gasteiger partial charge on any atom is -0.324 e. The van der Waals surface area contributed by atoms with Gasteiger partial charge in [0.15, 0.2) is 0 Å².